The minimum Gasteiger partial charge on any atom is -0.383 e. The first-order chi connectivity index (χ1) is 9.13. The fourth-order valence-electron chi connectivity index (χ4n) is 2.10. The van der Waals surface area contributed by atoms with Gasteiger partial charge in [0.2, 0.25) is 10.0 Å². The smallest absolute Gasteiger partial charge is 0.242 e. The molecule has 0 aliphatic rings. The van der Waals surface area contributed by atoms with Gasteiger partial charge in [-0.2, -0.15) is 0 Å². The van der Waals surface area contributed by atoms with Crippen LogP contribution in [-0.4, -0.2) is 32.2 Å². The van der Waals surface area contributed by atoms with Crippen molar-refractivity contribution in [1.82, 2.24) is 9.29 Å². The van der Waals surface area contributed by atoms with Crippen molar-refractivity contribution in [2.75, 3.05) is 13.7 Å². The Morgan fingerprint density at radius 2 is 2.05 bits per heavy atom. The normalized spacial score (nSPS) is 13.2. The lowest BCUT2D eigenvalue weighted by Crippen LogP contribution is -2.46. The van der Waals surface area contributed by atoms with Crippen LogP contribution in [0.15, 0.2) is 17.2 Å². The van der Waals surface area contributed by atoms with E-state index in [9.17, 15) is 8.42 Å². The Morgan fingerprint density at radius 3 is 2.45 bits per heavy atom. The number of ether oxygens (including phenoxy) is 1. The summed E-state index contributed by atoms with van der Waals surface area (Å²) in [6, 6.07) is 1.77. The third-order valence-electron chi connectivity index (χ3n) is 2.90. The molecule has 3 N–H and O–H groups in total. The maximum Gasteiger partial charge on any atom is 0.242 e. The fourth-order valence-corrected chi connectivity index (χ4v) is 3.55. The molecule has 1 aromatic rings. The van der Waals surface area contributed by atoms with Crippen molar-refractivity contribution in [3.63, 3.8) is 0 Å². The average molecular weight is 303 g/mol. The second-order valence-corrected chi connectivity index (χ2v) is 7.48. The molecule has 0 atom stereocenters. The Bertz CT molecular complexity index is 547. The Kier molecular flexibility index (Phi) is 5.37. The fraction of sp³-hybridized carbons (Fsp3) is 0.692. The molecule has 1 heterocycles. The highest BCUT2D eigenvalue weighted by atomic mass is 32.2. The van der Waals surface area contributed by atoms with Gasteiger partial charge in [-0.05, 0) is 33.8 Å². The van der Waals surface area contributed by atoms with E-state index in [1.165, 1.54) is 7.11 Å². The van der Waals surface area contributed by atoms with Gasteiger partial charge < -0.3 is 15.0 Å². The standard InChI is InChI=1S/C13H25N3O3S/c1-10(2)16-8-12(6-11(16)7-14)20(17,18)15-13(3,4)9-19-5/h6,8,10,15H,7,9,14H2,1-5H3. The van der Waals surface area contributed by atoms with Gasteiger partial charge in [0.05, 0.1) is 17.0 Å². The van der Waals surface area contributed by atoms with Crippen LogP contribution in [0.3, 0.4) is 0 Å². The molecule has 0 saturated carbocycles. The van der Waals surface area contributed by atoms with Crippen molar-refractivity contribution in [1.29, 1.82) is 0 Å². The third kappa shape index (κ3) is 4.05. The summed E-state index contributed by atoms with van der Waals surface area (Å²) in [5.41, 5.74) is 5.79. The zero-order valence-electron chi connectivity index (χ0n) is 12.8. The van der Waals surface area contributed by atoms with Crippen LogP contribution in [0.25, 0.3) is 0 Å². The second-order valence-electron chi connectivity index (χ2n) is 5.79. The summed E-state index contributed by atoms with van der Waals surface area (Å²) in [6.07, 6.45) is 1.62. The molecule has 0 radical (unpaired) electrons. The number of nitrogens with one attached hydrogen (secondary N) is 1. The van der Waals surface area contributed by atoms with E-state index in [1.807, 2.05) is 18.4 Å². The average Bonchev–Trinajstić information content (AvgIpc) is 2.71. The number of hydrogen-bond acceptors (Lipinski definition) is 4. The van der Waals surface area contributed by atoms with Crippen molar-refractivity contribution in [3.8, 4) is 0 Å². The molecule has 0 bridgehead atoms. The summed E-state index contributed by atoms with van der Waals surface area (Å²) in [5.74, 6) is 0. The molecule has 116 valence electrons. The Balaban J connectivity index is 3.10. The number of rotatable bonds is 7. The molecule has 6 nitrogen and oxygen atoms in total. The lowest BCUT2D eigenvalue weighted by atomic mass is 10.1. The van der Waals surface area contributed by atoms with E-state index < -0.39 is 15.6 Å². The number of hydrogen-bond donors (Lipinski definition) is 2. The van der Waals surface area contributed by atoms with Gasteiger partial charge in [-0.1, -0.05) is 0 Å². The summed E-state index contributed by atoms with van der Waals surface area (Å²) in [5, 5.41) is 0. The number of nitrogens with zero attached hydrogens (tertiary/aromatic N) is 1. The van der Waals surface area contributed by atoms with Gasteiger partial charge in [0.1, 0.15) is 0 Å². The highest BCUT2D eigenvalue weighted by Crippen LogP contribution is 2.20. The van der Waals surface area contributed by atoms with Gasteiger partial charge in [0.25, 0.3) is 0 Å². The zero-order valence-corrected chi connectivity index (χ0v) is 13.6. The summed E-state index contributed by atoms with van der Waals surface area (Å²) in [6.45, 7) is 8.11. The molecule has 7 heteroatoms. The van der Waals surface area contributed by atoms with E-state index in [0.717, 1.165) is 5.69 Å². The van der Waals surface area contributed by atoms with Gasteiger partial charge in [0, 0.05) is 31.6 Å². The van der Waals surface area contributed by atoms with Gasteiger partial charge >= 0.3 is 0 Å². The molecule has 0 aliphatic carbocycles. The van der Waals surface area contributed by atoms with Crippen LogP contribution in [0, 0.1) is 0 Å². The summed E-state index contributed by atoms with van der Waals surface area (Å²) < 4.78 is 34.4. The summed E-state index contributed by atoms with van der Waals surface area (Å²) in [4.78, 5) is 0.232. The molecular formula is C13H25N3O3S. The van der Waals surface area contributed by atoms with Crippen LogP contribution in [0.2, 0.25) is 0 Å². The Labute approximate surface area is 121 Å². The van der Waals surface area contributed by atoms with Gasteiger partial charge in [-0.3, -0.25) is 0 Å². The molecule has 1 rings (SSSR count). The van der Waals surface area contributed by atoms with Crippen molar-refractivity contribution in [3.05, 3.63) is 18.0 Å². The van der Waals surface area contributed by atoms with Crippen LogP contribution < -0.4 is 10.5 Å². The first kappa shape index (κ1) is 17.2. The van der Waals surface area contributed by atoms with Crippen LogP contribution in [-0.2, 0) is 21.3 Å². The van der Waals surface area contributed by atoms with Gasteiger partial charge in [0.15, 0.2) is 0 Å². The van der Waals surface area contributed by atoms with Crippen molar-refractivity contribution in [2.45, 2.75) is 50.7 Å². The molecule has 1 aromatic heterocycles. The number of sulfonamides is 1. The van der Waals surface area contributed by atoms with E-state index in [2.05, 4.69) is 4.72 Å². The predicted octanol–water partition coefficient (Wildman–Crippen LogP) is 1.23. The minimum absolute atomic E-state index is 0.157. The van der Waals surface area contributed by atoms with E-state index in [0.29, 0.717) is 13.2 Å². The molecule has 0 aliphatic heterocycles. The van der Waals surface area contributed by atoms with Gasteiger partial charge in [-0.15, -0.1) is 0 Å². The molecule has 0 unspecified atom stereocenters. The van der Waals surface area contributed by atoms with E-state index in [-0.39, 0.29) is 10.9 Å². The second kappa shape index (κ2) is 6.26. The lowest BCUT2D eigenvalue weighted by molar-refractivity contribution is 0.141. The largest absolute Gasteiger partial charge is 0.383 e. The molecule has 0 amide bonds. The van der Waals surface area contributed by atoms with E-state index in [1.54, 1.807) is 26.1 Å². The first-order valence-electron chi connectivity index (χ1n) is 6.56. The molecule has 0 fully saturated rings. The van der Waals surface area contributed by atoms with Crippen LogP contribution in [0.5, 0.6) is 0 Å². The Morgan fingerprint density at radius 1 is 1.45 bits per heavy atom. The van der Waals surface area contributed by atoms with Crippen molar-refractivity contribution < 1.29 is 13.2 Å². The molecule has 20 heavy (non-hydrogen) atoms. The van der Waals surface area contributed by atoms with Crippen LogP contribution in [0.4, 0.5) is 0 Å². The van der Waals surface area contributed by atoms with Crippen molar-refractivity contribution >= 4 is 10.0 Å². The summed E-state index contributed by atoms with van der Waals surface area (Å²) in [7, 11) is -2.05. The maximum absolute atomic E-state index is 12.4. The maximum atomic E-state index is 12.4. The SMILES string of the molecule is COCC(C)(C)NS(=O)(=O)c1cc(CN)n(C(C)C)c1. The van der Waals surface area contributed by atoms with E-state index >= 15 is 0 Å². The molecule has 0 aromatic carbocycles. The topological polar surface area (TPSA) is 86.3 Å². The summed E-state index contributed by atoms with van der Waals surface area (Å²) >= 11 is 0. The molecule has 0 spiro atoms. The molecular weight excluding hydrogens is 278 g/mol. The zero-order chi connectivity index (χ0) is 15.6. The third-order valence-corrected chi connectivity index (χ3v) is 4.56. The first-order valence-corrected chi connectivity index (χ1v) is 8.05. The highest BCUT2D eigenvalue weighted by molar-refractivity contribution is 7.89. The number of aromatic nitrogens is 1. The molecule has 0 saturated heterocycles. The number of nitrogens with two attached hydrogens (primary N) is 1. The van der Waals surface area contributed by atoms with E-state index in [4.69, 9.17) is 10.5 Å². The number of methoxy groups -OCH3 is 1. The predicted molar refractivity (Wildman–Crippen MR) is 79.0 cm³/mol. The quantitative estimate of drug-likeness (QED) is 0.793. The lowest BCUT2D eigenvalue weighted by Gasteiger charge is -2.24. The van der Waals surface area contributed by atoms with Gasteiger partial charge in [-0.25, -0.2) is 13.1 Å². The monoisotopic (exact) mass is 303 g/mol. The minimum atomic E-state index is -3.59. The Hall–Kier alpha value is -0.890. The van der Waals surface area contributed by atoms with Crippen molar-refractivity contribution in [2.24, 2.45) is 5.73 Å². The highest BCUT2D eigenvalue weighted by Gasteiger charge is 2.27. The van der Waals surface area contributed by atoms with Crippen LogP contribution >= 0.6 is 0 Å². The van der Waals surface area contributed by atoms with Crippen LogP contribution in [0.1, 0.15) is 39.4 Å².